The van der Waals surface area contributed by atoms with E-state index in [1.54, 1.807) is 0 Å². The van der Waals surface area contributed by atoms with Crippen molar-refractivity contribution in [2.75, 3.05) is 39.5 Å². The van der Waals surface area contributed by atoms with Crippen LogP contribution in [0.4, 0.5) is 0 Å². The summed E-state index contributed by atoms with van der Waals surface area (Å²) in [5.41, 5.74) is 0. The third-order valence-corrected chi connectivity index (χ3v) is 3.90. The van der Waals surface area contributed by atoms with Gasteiger partial charge in [0.1, 0.15) is 0 Å². The van der Waals surface area contributed by atoms with Gasteiger partial charge in [0.2, 0.25) is 0 Å². The van der Waals surface area contributed by atoms with Crippen LogP contribution in [0.3, 0.4) is 0 Å². The van der Waals surface area contributed by atoms with Gasteiger partial charge in [0, 0.05) is 18.8 Å². The molecule has 0 radical (unpaired) electrons. The molecule has 18 heavy (non-hydrogen) atoms. The minimum absolute atomic E-state index is 0.307. The average Bonchev–Trinajstić information content (AvgIpc) is 2.18. The van der Waals surface area contributed by atoms with E-state index in [0.717, 1.165) is 13.1 Å². The lowest BCUT2D eigenvalue weighted by molar-refractivity contribution is -0.890. The molecule has 2 N–H and O–H groups in total. The summed E-state index contributed by atoms with van der Waals surface area (Å²) >= 11 is 0. The van der Waals surface area contributed by atoms with E-state index in [2.05, 4.69) is 0 Å². The third kappa shape index (κ3) is 12.4. The molecule has 0 amide bonds. The molecule has 0 rings (SSSR count). The van der Waals surface area contributed by atoms with Crippen molar-refractivity contribution in [2.24, 2.45) is 0 Å². The van der Waals surface area contributed by atoms with Crippen molar-refractivity contribution in [3.63, 3.8) is 0 Å². The van der Waals surface area contributed by atoms with Crippen LogP contribution in [0.1, 0.15) is 19.3 Å². The molecule has 0 aliphatic carbocycles. The molecule has 0 aliphatic heterocycles. The van der Waals surface area contributed by atoms with Crippen LogP contribution >= 0.6 is 0 Å². The Bertz CT molecular complexity index is 319. The van der Waals surface area contributed by atoms with Gasteiger partial charge in [0.05, 0.1) is 37.3 Å². The van der Waals surface area contributed by atoms with Crippen LogP contribution in [-0.2, 0) is 14.5 Å². The maximum atomic E-state index is 10.4. The third-order valence-electron chi connectivity index (χ3n) is 2.58. The van der Waals surface area contributed by atoms with Crippen LogP contribution in [0.5, 0.6) is 0 Å². The molecule has 0 aromatic carbocycles. The molecular weight excluding hydrogens is 278 g/mol. The predicted octanol–water partition coefficient (Wildman–Crippen LogP) is -1.50. The van der Waals surface area contributed by atoms with Crippen molar-refractivity contribution in [1.29, 1.82) is 0 Å². The van der Waals surface area contributed by atoms with Crippen molar-refractivity contribution in [3.8, 4) is 0 Å². The number of quaternary nitrogens is 1. The van der Waals surface area contributed by atoms with Gasteiger partial charge in [0.25, 0.3) is 0 Å². The van der Waals surface area contributed by atoms with Gasteiger partial charge in [0.15, 0.2) is 0 Å². The van der Waals surface area contributed by atoms with Crippen LogP contribution < -0.4 is 0 Å². The highest BCUT2D eigenvalue weighted by atomic mass is 32.2. The molecule has 0 aliphatic rings. The van der Waals surface area contributed by atoms with Gasteiger partial charge in [-0.2, -0.15) is 0 Å². The fraction of sp³-hybridized carbons (Fsp3) is 1.00. The Kier molecular flexibility index (Phi) is 8.19. The molecule has 9 heteroatoms. The highest BCUT2D eigenvalue weighted by Crippen LogP contribution is 2.04. The van der Waals surface area contributed by atoms with Gasteiger partial charge >= 0.3 is 9.53 Å². The minimum atomic E-state index is -4.10. The maximum absolute atomic E-state index is 10.4. The van der Waals surface area contributed by atoms with Gasteiger partial charge in [-0.25, -0.2) is 8.42 Å². The SMILES string of the molecule is C[N+](C)(CCCCS(=O)(=O)[O-])CCCO[SiH](O)O. The summed E-state index contributed by atoms with van der Waals surface area (Å²) in [4.78, 5) is 17.2. The topological polar surface area (TPSA) is 107 Å². The lowest BCUT2D eigenvalue weighted by Crippen LogP contribution is -2.42. The summed E-state index contributed by atoms with van der Waals surface area (Å²) in [5.74, 6) is -0.307. The maximum Gasteiger partial charge on any atom is 0.478 e. The first kappa shape index (κ1) is 18.0. The molecule has 0 fully saturated rings. The van der Waals surface area contributed by atoms with Crippen molar-refractivity contribution >= 4 is 19.6 Å². The van der Waals surface area contributed by atoms with Gasteiger partial charge < -0.3 is 23.1 Å². The zero-order valence-electron chi connectivity index (χ0n) is 10.9. The average molecular weight is 301 g/mol. The molecule has 0 unspecified atom stereocenters. The predicted molar refractivity (Wildman–Crippen MR) is 67.8 cm³/mol. The fourth-order valence-corrected chi connectivity index (χ4v) is 2.55. The summed E-state index contributed by atoms with van der Waals surface area (Å²) in [7, 11) is -3.01. The Balaban J connectivity index is 3.67. The van der Waals surface area contributed by atoms with E-state index in [9.17, 15) is 13.0 Å². The summed E-state index contributed by atoms with van der Waals surface area (Å²) in [6.07, 6.45) is 1.76. The van der Waals surface area contributed by atoms with Crippen molar-refractivity contribution in [2.45, 2.75) is 19.3 Å². The summed E-state index contributed by atoms with van der Waals surface area (Å²) in [6.45, 7) is 1.89. The van der Waals surface area contributed by atoms with Crippen molar-refractivity contribution in [3.05, 3.63) is 0 Å². The number of unbranched alkanes of at least 4 members (excludes halogenated alkanes) is 1. The van der Waals surface area contributed by atoms with Crippen LogP contribution in [0, 0.1) is 0 Å². The highest BCUT2D eigenvalue weighted by molar-refractivity contribution is 7.85. The number of rotatable bonds is 10. The van der Waals surface area contributed by atoms with Crippen LogP contribution in [0.15, 0.2) is 0 Å². The second-order valence-electron chi connectivity index (χ2n) is 4.90. The summed E-state index contributed by atoms with van der Waals surface area (Å²) in [5, 5.41) is 0. The van der Waals surface area contributed by atoms with E-state index < -0.39 is 19.6 Å². The highest BCUT2D eigenvalue weighted by Gasteiger charge is 2.14. The van der Waals surface area contributed by atoms with Gasteiger partial charge in [-0.05, 0) is 12.8 Å². The van der Waals surface area contributed by atoms with E-state index in [-0.39, 0.29) is 5.75 Å². The molecule has 0 spiro atoms. The van der Waals surface area contributed by atoms with Crippen LogP contribution in [-0.4, -0.2) is 76.1 Å². The lowest BCUT2D eigenvalue weighted by Gasteiger charge is -2.30. The fourth-order valence-electron chi connectivity index (χ4n) is 1.61. The first-order chi connectivity index (χ1) is 8.12. The second-order valence-corrected chi connectivity index (χ2v) is 7.41. The molecule has 0 heterocycles. The van der Waals surface area contributed by atoms with Gasteiger partial charge in [-0.3, -0.25) is 0 Å². The summed E-state index contributed by atoms with van der Waals surface area (Å²) in [6, 6.07) is 0. The first-order valence-electron chi connectivity index (χ1n) is 5.86. The van der Waals surface area contributed by atoms with E-state index in [4.69, 9.17) is 14.0 Å². The molecule has 7 nitrogen and oxygen atoms in total. The Morgan fingerprint density at radius 1 is 1.17 bits per heavy atom. The lowest BCUT2D eigenvalue weighted by atomic mass is 10.2. The molecule has 110 valence electrons. The van der Waals surface area contributed by atoms with Crippen LogP contribution in [0.25, 0.3) is 0 Å². The molecule has 0 bridgehead atoms. The van der Waals surface area contributed by atoms with Crippen molar-refractivity contribution < 1.29 is 31.5 Å². The monoisotopic (exact) mass is 301 g/mol. The largest absolute Gasteiger partial charge is 0.748 e. The van der Waals surface area contributed by atoms with Gasteiger partial charge in [-0.1, -0.05) is 0 Å². The van der Waals surface area contributed by atoms with Crippen molar-refractivity contribution in [1.82, 2.24) is 0 Å². The molecule has 0 aromatic rings. The quantitative estimate of drug-likeness (QED) is 0.220. The van der Waals surface area contributed by atoms with Crippen LogP contribution in [0.2, 0.25) is 0 Å². The summed E-state index contributed by atoms with van der Waals surface area (Å²) < 4.78 is 36.6. The Hall–Kier alpha value is -0.0331. The molecule has 0 saturated carbocycles. The van der Waals surface area contributed by atoms with E-state index in [0.29, 0.717) is 30.4 Å². The normalized spacial score (nSPS) is 13.2. The Morgan fingerprint density at radius 2 is 1.72 bits per heavy atom. The zero-order chi connectivity index (χ0) is 14.2. The zero-order valence-corrected chi connectivity index (χ0v) is 12.9. The van der Waals surface area contributed by atoms with E-state index in [1.165, 1.54) is 0 Å². The van der Waals surface area contributed by atoms with Gasteiger partial charge in [-0.15, -0.1) is 0 Å². The number of nitrogens with zero attached hydrogens (tertiary/aromatic N) is 1. The smallest absolute Gasteiger partial charge is 0.478 e. The minimum Gasteiger partial charge on any atom is -0.748 e. The van der Waals surface area contributed by atoms with E-state index >= 15 is 0 Å². The number of hydrogen-bond acceptors (Lipinski definition) is 6. The number of hydrogen-bond donors (Lipinski definition) is 2. The molecule has 0 atom stereocenters. The van der Waals surface area contributed by atoms with E-state index in [1.807, 2.05) is 14.1 Å². The molecule has 0 aromatic heterocycles. The standard InChI is InChI=1S/C9H23NO6SSi/c1-10(2,7-5-8-16-18(14)15)6-3-4-9-17(11,12)13/h14-15,18H,3-9H2,1-2H3. The molecule has 0 saturated heterocycles. The second kappa shape index (κ2) is 8.20. The first-order valence-corrected chi connectivity index (χ1v) is 8.94. The molecular formula is C9H23NO6SSi. The Labute approximate surface area is 110 Å². The Morgan fingerprint density at radius 3 is 2.22 bits per heavy atom.